The first-order valence-electron chi connectivity index (χ1n) is 6.72. The van der Waals surface area contributed by atoms with Crippen molar-refractivity contribution in [3.05, 3.63) is 0 Å². The van der Waals surface area contributed by atoms with Crippen molar-refractivity contribution in [2.24, 2.45) is 11.8 Å². The molecule has 1 fully saturated rings. The molecule has 19 heavy (non-hydrogen) atoms. The van der Waals surface area contributed by atoms with E-state index in [1.807, 2.05) is 20.8 Å². The van der Waals surface area contributed by atoms with Gasteiger partial charge in [0.05, 0.1) is 0 Å². The van der Waals surface area contributed by atoms with Crippen LogP contribution in [0.2, 0.25) is 0 Å². The molecule has 0 radical (unpaired) electrons. The van der Waals surface area contributed by atoms with Gasteiger partial charge in [-0.1, -0.05) is 20.8 Å². The highest BCUT2D eigenvalue weighted by Crippen LogP contribution is 2.18. The van der Waals surface area contributed by atoms with Crippen molar-refractivity contribution < 1.29 is 18.3 Å². The standard InChI is InChI=1S/C12H24N2O4S/c1-9(2)7-11(12(15)16)13-19(17,18)14-6-4-5-10(3)8-14/h9-11,13H,4-8H2,1-3H3,(H,15,16)/t10?,11-/m1/s1. The Hall–Kier alpha value is -0.660. The summed E-state index contributed by atoms with van der Waals surface area (Å²) in [6, 6.07) is -1.05. The zero-order chi connectivity index (χ0) is 14.6. The monoisotopic (exact) mass is 292 g/mol. The van der Waals surface area contributed by atoms with E-state index in [2.05, 4.69) is 4.72 Å². The molecule has 0 aromatic carbocycles. The van der Waals surface area contributed by atoms with E-state index in [0.717, 1.165) is 12.8 Å². The second-order valence-corrected chi connectivity index (χ2v) is 7.45. The van der Waals surface area contributed by atoms with Gasteiger partial charge in [0.15, 0.2) is 0 Å². The first-order valence-corrected chi connectivity index (χ1v) is 8.16. The van der Waals surface area contributed by atoms with Crippen LogP contribution in [0.1, 0.15) is 40.0 Å². The third kappa shape index (κ3) is 5.08. The molecule has 0 aliphatic carbocycles. The van der Waals surface area contributed by atoms with Gasteiger partial charge in [-0.3, -0.25) is 4.79 Å². The molecule has 1 heterocycles. The summed E-state index contributed by atoms with van der Waals surface area (Å²) in [5, 5.41) is 9.09. The fourth-order valence-electron chi connectivity index (χ4n) is 2.29. The summed E-state index contributed by atoms with van der Waals surface area (Å²) in [6.07, 6.45) is 2.13. The van der Waals surface area contributed by atoms with E-state index >= 15 is 0 Å². The van der Waals surface area contributed by atoms with Gasteiger partial charge < -0.3 is 5.11 Å². The first-order chi connectivity index (χ1) is 8.72. The summed E-state index contributed by atoms with van der Waals surface area (Å²) in [5.41, 5.74) is 0. The van der Waals surface area contributed by atoms with Gasteiger partial charge in [0.1, 0.15) is 6.04 Å². The van der Waals surface area contributed by atoms with Crippen LogP contribution in [-0.4, -0.2) is 42.9 Å². The van der Waals surface area contributed by atoms with Gasteiger partial charge in [-0.05, 0) is 31.1 Å². The van der Waals surface area contributed by atoms with Crippen molar-refractivity contribution in [3.63, 3.8) is 0 Å². The molecule has 1 aliphatic rings. The molecule has 0 aromatic heterocycles. The lowest BCUT2D eigenvalue weighted by atomic mass is 10.0. The summed E-state index contributed by atoms with van der Waals surface area (Å²) in [4.78, 5) is 11.1. The molecule has 112 valence electrons. The maximum absolute atomic E-state index is 12.2. The Labute approximate surface area is 115 Å². The van der Waals surface area contributed by atoms with E-state index in [1.165, 1.54) is 4.31 Å². The number of rotatable bonds is 6. The molecule has 2 atom stereocenters. The molecule has 7 heteroatoms. The Bertz CT molecular complexity index is 408. The molecule has 0 bridgehead atoms. The minimum absolute atomic E-state index is 0.115. The maximum Gasteiger partial charge on any atom is 0.321 e. The number of carboxylic acids is 1. The zero-order valence-corrected chi connectivity index (χ0v) is 12.6. The summed E-state index contributed by atoms with van der Waals surface area (Å²) >= 11 is 0. The molecule has 0 aromatic rings. The Morgan fingerprint density at radius 1 is 1.47 bits per heavy atom. The maximum atomic E-state index is 12.2. The van der Waals surface area contributed by atoms with Gasteiger partial charge in [0.25, 0.3) is 10.2 Å². The summed E-state index contributed by atoms with van der Waals surface area (Å²) in [6.45, 7) is 6.67. The highest BCUT2D eigenvalue weighted by atomic mass is 32.2. The van der Waals surface area contributed by atoms with E-state index in [1.54, 1.807) is 0 Å². The molecule has 1 aliphatic heterocycles. The molecule has 6 nitrogen and oxygen atoms in total. The SMILES string of the molecule is CC(C)C[C@@H](NS(=O)(=O)N1CCCC(C)C1)C(=O)O. The lowest BCUT2D eigenvalue weighted by Gasteiger charge is -2.31. The molecule has 1 rings (SSSR count). The third-order valence-corrected chi connectivity index (χ3v) is 4.85. The quantitative estimate of drug-likeness (QED) is 0.766. The Kier molecular flexibility index (Phi) is 5.76. The average molecular weight is 292 g/mol. The number of piperidine rings is 1. The van der Waals surface area contributed by atoms with E-state index in [0.29, 0.717) is 19.0 Å². The largest absolute Gasteiger partial charge is 0.480 e. The minimum Gasteiger partial charge on any atom is -0.480 e. The van der Waals surface area contributed by atoms with Gasteiger partial charge in [0.2, 0.25) is 0 Å². The molecule has 1 saturated heterocycles. The van der Waals surface area contributed by atoms with Crippen molar-refractivity contribution in [2.75, 3.05) is 13.1 Å². The Morgan fingerprint density at radius 3 is 2.58 bits per heavy atom. The number of carboxylic acid groups (broad SMARTS) is 1. The fourth-order valence-corrected chi connectivity index (χ4v) is 3.82. The lowest BCUT2D eigenvalue weighted by molar-refractivity contribution is -0.139. The molecule has 0 spiro atoms. The second-order valence-electron chi connectivity index (χ2n) is 5.75. The highest BCUT2D eigenvalue weighted by Gasteiger charge is 2.31. The van der Waals surface area contributed by atoms with E-state index < -0.39 is 22.2 Å². The van der Waals surface area contributed by atoms with Gasteiger partial charge in [0, 0.05) is 13.1 Å². The highest BCUT2D eigenvalue weighted by molar-refractivity contribution is 7.87. The number of carbonyl (C=O) groups is 1. The number of nitrogens with one attached hydrogen (secondary N) is 1. The lowest BCUT2D eigenvalue weighted by Crippen LogP contribution is -2.51. The Balaban J connectivity index is 2.73. The van der Waals surface area contributed by atoms with Crippen molar-refractivity contribution in [3.8, 4) is 0 Å². The third-order valence-electron chi connectivity index (χ3n) is 3.26. The molecule has 0 amide bonds. The summed E-state index contributed by atoms with van der Waals surface area (Å²) in [5.74, 6) is -0.690. The van der Waals surface area contributed by atoms with Gasteiger partial charge in [-0.2, -0.15) is 17.4 Å². The smallest absolute Gasteiger partial charge is 0.321 e. The topological polar surface area (TPSA) is 86.7 Å². The zero-order valence-electron chi connectivity index (χ0n) is 11.8. The molecular weight excluding hydrogens is 268 g/mol. The van der Waals surface area contributed by atoms with Crippen LogP contribution in [0.15, 0.2) is 0 Å². The fraction of sp³-hybridized carbons (Fsp3) is 0.917. The second kappa shape index (κ2) is 6.67. The van der Waals surface area contributed by atoms with E-state index in [4.69, 9.17) is 5.11 Å². The number of nitrogens with zero attached hydrogens (tertiary/aromatic N) is 1. The van der Waals surface area contributed by atoms with Crippen LogP contribution in [0.4, 0.5) is 0 Å². The van der Waals surface area contributed by atoms with E-state index in [9.17, 15) is 13.2 Å². The normalized spacial score (nSPS) is 23.5. The van der Waals surface area contributed by atoms with E-state index in [-0.39, 0.29) is 12.3 Å². The number of hydrogen-bond acceptors (Lipinski definition) is 3. The van der Waals surface area contributed by atoms with Crippen LogP contribution in [0.25, 0.3) is 0 Å². The van der Waals surface area contributed by atoms with Crippen LogP contribution >= 0.6 is 0 Å². The Morgan fingerprint density at radius 2 is 2.11 bits per heavy atom. The number of hydrogen-bond donors (Lipinski definition) is 2. The molecule has 1 unspecified atom stereocenters. The molecule has 0 saturated carbocycles. The summed E-state index contributed by atoms with van der Waals surface area (Å²) < 4.78 is 28.0. The van der Waals surface area contributed by atoms with Crippen LogP contribution in [0, 0.1) is 11.8 Å². The predicted octanol–water partition coefficient (Wildman–Crippen LogP) is 1.05. The molecule has 2 N–H and O–H groups in total. The van der Waals surface area contributed by atoms with Crippen molar-refractivity contribution >= 4 is 16.2 Å². The van der Waals surface area contributed by atoms with Crippen LogP contribution in [-0.2, 0) is 15.0 Å². The van der Waals surface area contributed by atoms with Gasteiger partial charge >= 0.3 is 5.97 Å². The van der Waals surface area contributed by atoms with Crippen molar-refractivity contribution in [1.29, 1.82) is 0 Å². The predicted molar refractivity (Wildman–Crippen MR) is 72.9 cm³/mol. The average Bonchev–Trinajstić information content (AvgIpc) is 2.27. The van der Waals surface area contributed by atoms with Crippen molar-refractivity contribution in [1.82, 2.24) is 9.03 Å². The van der Waals surface area contributed by atoms with Crippen LogP contribution < -0.4 is 4.72 Å². The van der Waals surface area contributed by atoms with Gasteiger partial charge in [-0.25, -0.2) is 0 Å². The first kappa shape index (κ1) is 16.4. The van der Waals surface area contributed by atoms with Gasteiger partial charge in [-0.15, -0.1) is 0 Å². The summed E-state index contributed by atoms with van der Waals surface area (Å²) in [7, 11) is -3.70. The van der Waals surface area contributed by atoms with Crippen molar-refractivity contribution in [2.45, 2.75) is 46.1 Å². The minimum atomic E-state index is -3.70. The van der Waals surface area contributed by atoms with Crippen LogP contribution in [0.5, 0.6) is 0 Å². The van der Waals surface area contributed by atoms with Crippen LogP contribution in [0.3, 0.4) is 0 Å². The number of aliphatic carboxylic acids is 1. The molecular formula is C12H24N2O4S.